The van der Waals surface area contributed by atoms with E-state index in [2.05, 4.69) is 4.90 Å². The van der Waals surface area contributed by atoms with Crippen molar-refractivity contribution < 1.29 is 14.4 Å². The summed E-state index contributed by atoms with van der Waals surface area (Å²) < 4.78 is 11.4. The van der Waals surface area contributed by atoms with Crippen LogP contribution in [0.1, 0.15) is 18.4 Å². The van der Waals surface area contributed by atoms with Crippen LogP contribution in [0.3, 0.4) is 0 Å². The standard InChI is InChI=1S/C14H18N2O4/c17-16(18)13-3-1-12(2-4-13)11-15-7-5-14(6-8-15)19-9-10-20-14/h1-4H,5-11H2. The lowest BCUT2D eigenvalue weighted by Crippen LogP contribution is -2.44. The van der Waals surface area contributed by atoms with Crippen molar-refractivity contribution in [2.75, 3.05) is 26.3 Å². The largest absolute Gasteiger partial charge is 0.347 e. The van der Waals surface area contributed by atoms with Crippen molar-refractivity contribution in [3.05, 3.63) is 39.9 Å². The predicted octanol–water partition coefficient (Wildman–Crippen LogP) is 1.93. The summed E-state index contributed by atoms with van der Waals surface area (Å²) in [4.78, 5) is 12.6. The summed E-state index contributed by atoms with van der Waals surface area (Å²) in [7, 11) is 0. The molecule has 0 atom stereocenters. The number of nitro benzene ring substituents is 1. The van der Waals surface area contributed by atoms with E-state index < -0.39 is 0 Å². The van der Waals surface area contributed by atoms with Gasteiger partial charge in [-0.25, -0.2) is 0 Å². The Hall–Kier alpha value is -1.50. The molecular formula is C14H18N2O4. The van der Waals surface area contributed by atoms with Gasteiger partial charge in [0.2, 0.25) is 0 Å². The van der Waals surface area contributed by atoms with Crippen LogP contribution in [0.5, 0.6) is 0 Å². The molecule has 1 aromatic carbocycles. The highest BCUT2D eigenvalue weighted by Crippen LogP contribution is 2.31. The Morgan fingerprint density at radius 2 is 1.75 bits per heavy atom. The number of ether oxygens (including phenoxy) is 2. The Morgan fingerprint density at radius 1 is 1.15 bits per heavy atom. The minimum absolute atomic E-state index is 0.138. The second kappa shape index (κ2) is 5.47. The predicted molar refractivity (Wildman–Crippen MR) is 72.2 cm³/mol. The van der Waals surface area contributed by atoms with E-state index in [1.54, 1.807) is 12.1 Å². The van der Waals surface area contributed by atoms with Gasteiger partial charge >= 0.3 is 0 Å². The van der Waals surface area contributed by atoms with Gasteiger partial charge in [0, 0.05) is 44.6 Å². The highest BCUT2D eigenvalue weighted by Gasteiger charge is 2.39. The van der Waals surface area contributed by atoms with Crippen LogP contribution < -0.4 is 0 Å². The molecule has 0 bridgehead atoms. The lowest BCUT2D eigenvalue weighted by atomic mass is 10.0. The third-order valence-electron chi connectivity index (χ3n) is 3.98. The fraction of sp³-hybridized carbons (Fsp3) is 0.571. The van der Waals surface area contributed by atoms with E-state index in [0.717, 1.165) is 38.0 Å². The van der Waals surface area contributed by atoms with E-state index in [0.29, 0.717) is 13.2 Å². The number of nitrogens with zero attached hydrogens (tertiary/aromatic N) is 2. The van der Waals surface area contributed by atoms with Crippen LogP contribution in [-0.4, -0.2) is 41.9 Å². The van der Waals surface area contributed by atoms with Crippen LogP contribution in [0.2, 0.25) is 0 Å². The molecule has 1 aromatic rings. The van der Waals surface area contributed by atoms with Crippen molar-refractivity contribution in [1.82, 2.24) is 4.90 Å². The Kier molecular flexibility index (Phi) is 3.69. The summed E-state index contributed by atoms with van der Waals surface area (Å²) in [5, 5.41) is 10.6. The van der Waals surface area contributed by atoms with Crippen molar-refractivity contribution in [3.63, 3.8) is 0 Å². The number of rotatable bonds is 3. The van der Waals surface area contributed by atoms with Crippen molar-refractivity contribution in [2.24, 2.45) is 0 Å². The molecule has 0 unspecified atom stereocenters. The minimum Gasteiger partial charge on any atom is -0.347 e. The van der Waals surface area contributed by atoms with Crippen LogP contribution in [0.15, 0.2) is 24.3 Å². The molecule has 6 heteroatoms. The molecule has 108 valence electrons. The monoisotopic (exact) mass is 278 g/mol. The molecule has 0 aliphatic carbocycles. The van der Waals surface area contributed by atoms with Gasteiger partial charge in [-0.2, -0.15) is 0 Å². The Balaban J connectivity index is 1.55. The van der Waals surface area contributed by atoms with E-state index in [1.807, 2.05) is 12.1 Å². The van der Waals surface area contributed by atoms with Crippen LogP contribution >= 0.6 is 0 Å². The molecule has 20 heavy (non-hydrogen) atoms. The number of benzene rings is 1. The molecule has 0 amide bonds. The van der Waals surface area contributed by atoms with E-state index in [4.69, 9.17) is 9.47 Å². The molecule has 0 N–H and O–H groups in total. The smallest absolute Gasteiger partial charge is 0.269 e. The molecule has 3 rings (SSSR count). The second-order valence-electron chi connectivity index (χ2n) is 5.31. The zero-order valence-electron chi connectivity index (χ0n) is 11.3. The van der Waals surface area contributed by atoms with Gasteiger partial charge in [-0.15, -0.1) is 0 Å². The van der Waals surface area contributed by atoms with E-state index in [1.165, 1.54) is 0 Å². The third-order valence-corrected chi connectivity index (χ3v) is 3.98. The van der Waals surface area contributed by atoms with Crippen molar-refractivity contribution in [3.8, 4) is 0 Å². The molecule has 2 heterocycles. The fourth-order valence-corrected chi connectivity index (χ4v) is 2.82. The number of hydrogen-bond acceptors (Lipinski definition) is 5. The average Bonchev–Trinajstić information content (AvgIpc) is 2.91. The zero-order chi connectivity index (χ0) is 14.0. The summed E-state index contributed by atoms with van der Waals surface area (Å²) in [6, 6.07) is 6.77. The van der Waals surface area contributed by atoms with Gasteiger partial charge in [0.15, 0.2) is 5.79 Å². The number of likely N-dealkylation sites (tertiary alicyclic amines) is 1. The number of non-ortho nitro benzene ring substituents is 1. The van der Waals surface area contributed by atoms with Crippen LogP contribution in [0.4, 0.5) is 5.69 Å². The maximum absolute atomic E-state index is 10.6. The van der Waals surface area contributed by atoms with E-state index in [9.17, 15) is 10.1 Å². The van der Waals surface area contributed by atoms with Crippen molar-refractivity contribution in [2.45, 2.75) is 25.2 Å². The van der Waals surface area contributed by atoms with Gasteiger partial charge in [0.1, 0.15) is 0 Å². The summed E-state index contributed by atoms with van der Waals surface area (Å²) in [5.41, 5.74) is 1.24. The fourth-order valence-electron chi connectivity index (χ4n) is 2.82. The zero-order valence-corrected chi connectivity index (χ0v) is 11.3. The molecule has 0 saturated carbocycles. The van der Waals surface area contributed by atoms with Gasteiger partial charge in [0.25, 0.3) is 5.69 Å². The first-order valence-electron chi connectivity index (χ1n) is 6.91. The van der Waals surface area contributed by atoms with Crippen LogP contribution in [-0.2, 0) is 16.0 Å². The molecule has 1 spiro atoms. The summed E-state index contributed by atoms with van der Waals surface area (Å²) >= 11 is 0. The second-order valence-corrected chi connectivity index (χ2v) is 5.31. The third kappa shape index (κ3) is 2.82. The number of nitro groups is 1. The van der Waals surface area contributed by atoms with Gasteiger partial charge < -0.3 is 9.47 Å². The topological polar surface area (TPSA) is 64.8 Å². The Labute approximate surface area is 117 Å². The summed E-state index contributed by atoms with van der Waals surface area (Å²) in [5.74, 6) is -0.341. The molecule has 0 radical (unpaired) electrons. The van der Waals surface area contributed by atoms with Gasteiger partial charge in [-0.3, -0.25) is 15.0 Å². The summed E-state index contributed by atoms with van der Waals surface area (Å²) in [6.07, 6.45) is 1.78. The molecule has 6 nitrogen and oxygen atoms in total. The van der Waals surface area contributed by atoms with Crippen LogP contribution in [0, 0.1) is 10.1 Å². The van der Waals surface area contributed by atoms with E-state index >= 15 is 0 Å². The quantitative estimate of drug-likeness (QED) is 0.624. The van der Waals surface area contributed by atoms with Gasteiger partial charge in [-0.1, -0.05) is 12.1 Å². The molecule has 0 aromatic heterocycles. The van der Waals surface area contributed by atoms with Crippen LogP contribution in [0.25, 0.3) is 0 Å². The Bertz CT molecular complexity index is 472. The first-order valence-corrected chi connectivity index (χ1v) is 6.91. The van der Waals surface area contributed by atoms with Gasteiger partial charge in [0.05, 0.1) is 18.1 Å². The molecule has 2 aliphatic rings. The molecular weight excluding hydrogens is 260 g/mol. The van der Waals surface area contributed by atoms with Crippen molar-refractivity contribution >= 4 is 5.69 Å². The molecule has 2 saturated heterocycles. The summed E-state index contributed by atoms with van der Waals surface area (Å²) in [6.45, 7) is 4.06. The maximum atomic E-state index is 10.6. The highest BCUT2D eigenvalue weighted by atomic mass is 16.7. The lowest BCUT2D eigenvalue weighted by Gasteiger charge is -2.37. The van der Waals surface area contributed by atoms with E-state index in [-0.39, 0.29) is 16.4 Å². The Morgan fingerprint density at radius 3 is 2.30 bits per heavy atom. The molecule has 2 fully saturated rings. The first-order chi connectivity index (χ1) is 9.67. The number of piperidine rings is 1. The average molecular weight is 278 g/mol. The van der Waals surface area contributed by atoms with Crippen molar-refractivity contribution in [1.29, 1.82) is 0 Å². The minimum atomic E-state index is -0.372. The van der Waals surface area contributed by atoms with Gasteiger partial charge in [-0.05, 0) is 5.56 Å². The highest BCUT2D eigenvalue weighted by molar-refractivity contribution is 5.32. The maximum Gasteiger partial charge on any atom is 0.269 e. The first kappa shape index (κ1) is 13.5. The lowest BCUT2D eigenvalue weighted by molar-refractivity contribution is -0.384. The SMILES string of the molecule is O=[N+]([O-])c1ccc(CN2CCC3(CC2)OCCO3)cc1. The number of hydrogen-bond donors (Lipinski definition) is 0. The molecule has 2 aliphatic heterocycles. The normalized spacial score (nSPS) is 22.2.